The number of fused-ring (bicyclic) bond motifs is 1. The largest absolute Gasteiger partial charge is 0.322 e. The number of thioether (sulfide) groups is 1. The average molecular weight is 359 g/mol. The van der Waals surface area contributed by atoms with Crippen LogP contribution in [0.3, 0.4) is 0 Å². The van der Waals surface area contributed by atoms with Gasteiger partial charge in [-0.2, -0.15) is 11.8 Å². The van der Waals surface area contributed by atoms with Crippen molar-refractivity contribution in [1.82, 2.24) is 9.80 Å². The molecule has 2 aliphatic heterocycles. The van der Waals surface area contributed by atoms with Crippen LogP contribution in [0, 0.1) is 6.92 Å². The molecule has 2 heterocycles. The molecule has 4 nitrogen and oxygen atoms in total. The van der Waals surface area contributed by atoms with Crippen LogP contribution < -0.4 is 0 Å². The first-order chi connectivity index (χ1) is 12.0. The summed E-state index contributed by atoms with van der Waals surface area (Å²) >= 11 is 1.94. The summed E-state index contributed by atoms with van der Waals surface area (Å²) in [4.78, 5) is 30.5. The standard InChI is InChI=1S/C20H26N2O2S/c1-14-5-6-15-16(11-14)18(23)12-17(15)19(24)22-9-10-25-13-20(22,2)21-7-3-4-8-21/h5-6,11,17H,3-4,7-10,12-13H2,1-2H3. The van der Waals surface area contributed by atoms with Crippen molar-refractivity contribution in [2.24, 2.45) is 0 Å². The van der Waals surface area contributed by atoms with Crippen LogP contribution in [-0.2, 0) is 4.79 Å². The topological polar surface area (TPSA) is 40.6 Å². The molecule has 0 spiro atoms. The maximum Gasteiger partial charge on any atom is 0.232 e. The zero-order valence-electron chi connectivity index (χ0n) is 15.1. The Bertz CT molecular complexity index is 714. The fourth-order valence-electron chi connectivity index (χ4n) is 4.58. The van der Waals surface area contributed by atoms with E-state index in [9.17, 15) is 9.59 Å². The Morgan fingerprint density at radius 2 is 2.00 bits per heavy atom. The van der Waals surface area contributed by atoms with Crippen LogP contribution in [0.15, 0.2) is 18.2 Å². The molecule has 4 rings (SSSR count). The van der Waals surface area contributed by atoms with Gasteiger partial charge in [-0.25, -0.2) is 0 Å². The molecule has 0 saturated carbocycles. The van der Waals surface area contributed by atoms with Gasteiger partial charge in [0, 0.05) is 43.1 Å². The van der Waals surface area contributed by atoms with E-state index in [4.69, 9.17) is 0 Å². The minimum absolute atomic E-state index is 0.117. The van der Waals surface area contributed by atoms with Crippen LogP contribution in [0.1, 0.15) is 53.6 Å². The smallest absolute Gasteiger partial charge is 0.232 e. The van der Waals surface area contributed by atoms with Crippen LogP contribution >= 0.6 is 11.8 Å². The minimum Gasteiger partial charge on any atom is -0.322 e. The van der Waals surface area contributed by atoms with Gasteiger partial charge >= 0.3 is 0 Å². The number of aryl methyl sites for hydroxylation is 1. The Morgan fingerprint density at radius 1 is 1.24 bits per heavy atom. The minimum atomic E-state index is -0.298. The van der Waals surface area contributed by atoms with E-state index in [0.29, 0.717) is 6.42 Å². The average Bonchev–Trinajstić information content (AvgIpc) is 3.24. The molecule has 2 atom stereocenters. The van der Waals surface area contributed by atoms with Crippen LogP contribution in [0.25, 0.3) is 0 Å². The van der Waals surface area contributed by atoms with E-state index in [2.05, 4.69) is 16.7 Å². The summed E-state index contributed by atoms with van der Waals surface area (Å²) < 4.78 is 0. The lowest BCUT2D eigenvalue weighted by Gasteiger charge is -2.50. The van der Waals surface area contributed by atoms with E-state index in [-0.39, 0.29) is 23.3 Å². The Morgan fingerprint density at radius 3 is 2.76 bits per heavy atom. The number of nitrogens with zero attached hydrogens (tertiary/aromatic N) is 2. The first-order valence-electron chi connectivity index (χ1n) is 9.29. The molecule has 2 saturated heterocycles. The van der Waals surface area contributed by atoms with Gasteiger partial charge in [-0.05, 0) is 38.3 Å². The van der Waals surface area contributed by atoms with Gasteiger partial charge < -0.3 is 4.90 Å². The zero-order chi connectivity index (χ0) is 17.6. The summed E-state index contributed by atoms with van der Waals surface area (Å²) in [6, 6.07) is 5.95. The highest BCUT2D eigenvalue weighted by Crippen LogP contribution is 2.39. The van der Waals surface area contributed by atoms with Crippen LogP contribution in [-0.4, -0.2) is 58.3 Å². The lowest BCUT2D eigenvalue weighted by Crippen LogP contribution is -2.64. The number of carbonyl (C=O) groups excluding carboxylic acids is 2. The normalized spacial score (nSPS) is 29.9. The van der Waals surface area contributed by atoms with E-state index in [1.165, 1.54) is 12.8 Å². The summed E-state index contributed by atoms with van der Waals surface area (Å²) in [5, 5.41) is 0. The van der Waals surface area contributed by atoms with Crippen LogP contribution in [0.5, 0.6) is 0 Å². The summed E-state index contributed by atoms with van der Waals surface area (Å²) in [6.45, 7) is 7.13. The number of Topliss-reactive ketones (excluding diaryl/α,β-unsaturated/α-hetero) is 1. The second-order valence-corrected chi connectivity index (χ2v) is 8.83. The monoisotopic (exact) mass is 358 g/mol. The zero-order valence-corrected chi connectivity index (χ0v) is 15.9. The van der Waals surface area contributed by atoms with Gasteiger partial charge in [-0.3, -0.25) is 14.5 Å². The Balaban J connectivity index is 1.65. The van der Waals surface area contributed by atoms with Crippen molar-refractivity contribution in [3.8, 4) is 0 Å². The van der Waals surface area contributed by atoms with E-state index < -0.39 is 0 Å². The van der Waals surface area contributed by atoms with Gasteiger partial charge in [-0.1, -0.05) is 17.7 Å². The molecule has 1 aromatic carbocycles. The highest BCUT2D eigenvalue weighted by molar-refractivity contribution is 7.99. The number of hydrogen-bond donors (Lipinski definition) is 0. The number of carbonyl (C=O) groups is 2. The van der Waals surface area contributed by atoms with E-state index in [1.54, 1.807) is 0 Å². The summed E-state index contributed by atoms with van der Waals surface area (Å²) in [7, 11) is 0. The second kappa shape index (κ2) is 6.44. The molecule has 5 heteroatoms. The first-order valence-corrected chi connectivity index (χ1v) is 10.4. The van der Waals surface area contributed by atoms with Gasteiger partial charge in [0.25, 0.3) is 0 Å². The third-order valence-corrected chi connectivity index (χ3v) is 7.26. The summed E-state index contributed by atoms with van der Waals surface area (Å²) in [6.07, 6.45) is 2.76. The number of likely N-dealkylation sites (tertiary alicyclic amines) is 1. The quantitative estimate of drug-likeness (QED) is 0.815. The fraction of sp³-hybridized carbons (Fsp3) is 0.600. The van der Waals surface area contributed by atoms with Crippen LogP contribution in [0.2, 0.25) is 0 Å². The summed E-state index contributed by atoms with van der Waals surface area (Å²) in [5.74, 6) is 1.90. The van der Waals surface area contributed by atoms with Crippen molar-refractivity contribution in [2.45, 2.75) is 44.7 Å². The molecule has 1 aliphatic carbocycles. The fourth-order valence-corrected chi connectivity index (χ4v) is 5.76. The Labute approximate surface area is 153 Å². The van der Waals surface area contributed by atoms with Gasteiger partial charge in [0.1, 0.15) is 5.66 Å². The molecule has 0 radical (unpaired) electrons. The maximum absolute atomic E-state index is 13.5. The molecule has 0 aromatic heterocycles. The number of rotatable bonds is 2. The lowest BCUT2D eigenvalue weighted by molar-refractivity contribution is -0.145. The van der Waals surface area contributed by atoms with Crippen molar-refractivity contribution >= 4 is 23.5 Å². The highest BCUT2D eigenvalue weighted by atomic mass is 32.2. The molecule has 2 unspecified atom stereocenters. The van der Waals surface area contributed by atoms with E-state index in [0.717, 1.165) is 47.8 Å². The predicted octanol–water partition coefficient (Wildman–Crippen LogP) is 3.05. The number of hydrogen-bond acceptors (Lipinski definition) is 4. The van der Waals surface area contributed by atoms with Crippen molar-refractivity contribution in [3.63, 3.8) is 0 Å². The molecule has 0 bridgehead atoms. The molecular weight excluding hydrogens is 332 g/mol. The van der Waals surface area contributed by atoms with Gasteiger partial charge in [0.05, 0.1) is 5.92 Å². The van der Waals surface area contributed by atoms with E-state index in [1.807, 2.05) is 36.9 Å². The summed E-state index contributed by atoms with van der Waals surface area (Å²) in [5.41, 5.74) is 2.55. The maximum atomic E-state index is 13.5. The molecule has 3 aliphatic rings. The molecule has 1 amide bonds. The lowest BCUT2D eigenvalue weighted by atomic mass is 9.97. The molecule has 0 N–H and O–H groups in total. The van der Waals surface area contributed by atoms with Gasteiger partial charge in [-0.15, -0.1) is 0 Å². The number of ketones is 1. The van der Waals surface area contributed by atoms with Crippen molar-refractivity contribution < 1.29 is 9.59 Å². The van der Waals surface area contributed by atoms with Crippen molar-refractivity contribution in [1.29, 1.82) is 0 Å². The second-order valence-electron chi connectivity index (χ2n) is 7.72. The van der Waals surface area contributed by atoms with E-state index >= 15 is 0 Å². The Kier molecular flexibility index (Phi) is 4.40. The molecule has 25 heavy (non-hydrogen) atoms. The molecular formula is C20H26N2O2S. The molecule has 134 valence electrons. The molecule has 1 aromatic rings. The third-order valence-electron chi connectivity index (χ3n) is 6.04. The first kappa shape index (κ1) is 17.1. The number of amides is 1. The predicted molar refractivity (Wildman–Crippen MR) is 101 cm³/mol. The van der Waals surface area contributed by atoms with Gasteiger partial charge in [0.15, 0.2) is 5.78 Å². The third kappa shape index (κ3) is 2.81. The SMILES string of the molecule is Cc1ccc2c(c1)C(=O)CC2C(=O)N1CCSCC1(C)N1CCCC1. The number of benzene rings is 1. The molecule has 2 fully saturated rings. The Hall–Kier alpha value is -1.33. The van der Waals surface area contributed by atoms with Crippen molar-refractivity contribution in [2.75, 3.05) is 31.1 Å². The van der Waals surface area contributed by atoms with Gasteiger partial charge in [0.2, 0.25) is 5.91 Å². The highest BCUT2D eigenvalue weighted by Gasteiger charge is 2.47. The van der Waals surface area contributed by atoms with Crippen molar-refractivity contribution in [3.05, 3.63) is 34.9 Å². The van der Waals surface area contributed by atoms with Crippen LogP contribution in [0.4, 0.5) is 0 Å².